The standard InChI is InChI=1S/C26H31FN6O/c1-34-17-26(20-4-6-22(27)7-5-20)32-13-11-31(12-14-32)10-2-3-21-16-28-25-9-8-23(15-24(21)25)33-18-29-30-19-33/h4-9,15-16,18-19,26,28H,2-3,10-14,17H2,1H3. The second-order valence-electron chi connectivity index (χ2n) is 8.92. The Kier molecular flexibility index (Phi) is 6.99. The molecule has 2 aromatic carbocycles. The van der Waals surface area contributed by atoms with E-state index in [-0.39, 0.29) is 11.9 Å². The summed E-state index contributed by atoms with van der Waals surface area (Å²) in [5, 5.41) is 9.08. The van der Waals surface area contributed by atoms with Crippen molar-refractivity contribution in [3.8, 4) is 5.69 Å². The third-order valence-corrected chi connectivity index (χ3v) is 6.82. The maximum Gasteiger partial charge on any atom is 0.123 e. The average molecular weight is 463 g/mol. The van der Waals surface area contributed by atoms with Crippen molar-refractivity contribution in [3.05, 3.63) is 78.3 Å². The molecular weight excluding hydrogens is 431 g/mol. The van der Waals surface area contributed by atoms with E-state index < -0.39 is 0 Å². The van der Waals surface area contributed by atoms with E-state index in [0.29, 0.717) is 6.61 Å². The molecule has 0 amide bonds. The van der Waals surface area contributed by atoms with Gasteiger partial charge in [0.25, 0.3) is 0 Å². The second-order valence-corrected chi connectivity index (χ2v) is 8.92. The van der Waals surface area contributed by atoms with E-state index >= 15 is 0 Å². The first-order valence-electron chi connectivity index (χ1n) is 11.9. The number of halogens is 1. The Hall–Kier alpha value is -3.07. The lowest BCUT2D eigenvalue weighted by Crippen LogP contribution is -2.48. The van der Waals surface area contributed by atoms with Gasteiger partial charge in [0.1, 0.15) is 18.5 Å². The molecule has 178 valence electrons. The van der Waals surface area contributed by atoms with Crippen LogP contribution in [0.1, 0.15) is 23.6 Å². The van der Waals surface area contributed by atoms with Gasteiger partial charge in [0.05, 0.1) is 12.6 Å². The van der Waals surface area contributed by atoms with Crippen LogP contribution in [-0.2, 0) is 11.2 Å². The fraction of sp³-hybridized carbons (Fsp3) is 0.385. The SMILES string of the molecule is COCC(c1ccc(F)cc1)N1CCN(CCCc2c[nH]c3ccc(-n4cnnc4)cc23)CC1. The number of fused-ring (bicyclic) bond motifs is 1. The summed E-state index contributed by atoms with van der Waals surface area (Å²) in [6, 6.07) is 13.4. The zero-order chi connectivity index (χ0) is 23.3. The molecule has 7 nitrogen and oxygen atoms in total. The molecule has 1 saturated heterocycles. The van der Waals surface area contributed by atoms with E-state index in [2.05, 4.69) is 49.4 Å². The highest BCUT2D eigenvalue weighted by Gasteiger charge is 2.25. The summed E-state index contributed by atoms with van der Waals surface area (Å²) >= 11 is 0. The van der Waals surface area contributed by atoms with Crippen LogP contribution in [0.2, 0.25) is 0 Å². The van der Waals surface area contributed by atoms with Crippen molar-refractivity contribution in [1.29, 1.82) is 0 Å². The van der Waals surface area contributed by atoms with Crippen molar-refractivity contribution in [3.63, 3.8) is 0 Å². The first-order valence-corrected chi connectivity index (χ1v) is 11.9. The Morgan fingerprint density at radius 1 is 1.03 bits per heavy atom. The van der Waals surface area contributed by atoms with E-state index in [1.54, 1.807) is 19.8 Å². The van der Waals surface area contributed by atoms with Crippen LogP contribution >= 0.6 is 0 Å². The van der Waals surface area contributed by atoms with Crippen LogP contribution in [-0.4, -0.2) is 76.0 Å². The molecule has 1 unspecified atom stereocenters. The van der Waals surface area contributed by atoms with Gasteiger partial charge in [-0.15, -0.1) is 10.2 Å². The lowest BCUT2D eigenvalue weighted by molar-refractivity contribution is 0.0487. The molecule has 1 aliphatic rings. The van der Waals surface area contributed by atoms with Gasteiger partial charge in [-0.1, -0.05) is 12.1 Å². The number of hydrogen-bond acceptors (Lipinski definition) is 5. The zero-order valence-corrected chi connectivity index (χ0v) is 19.5. The van der Waals surface area contributed by atoms with Gasteiger partial charge in [-0.3, -0.25) is 9.47 Å². The summed E-state index contributed by atoms with van der Waals surface area (Å²) in [7, 11) is 1.73. The van der Waals surface area contributed by atoms with Crippen molar-refractivity contribution in [2.45, 2.75) is 18.9 Å². The smallest absolute Gasteiger partial charge is 0.123 e. The van der Waals surface area contributed by atoms with Crippen LogP contribution in [0, 0.1) is 5.82 Å². The lowest BCUT2D eigenvalue weighted by Gasteiger charge is -2.39. The number of aromatic amines is 1. The number of nitrogens with zero attached hydrogens (tertiary/aromatic N) is 5. The quantitative estimate of drug-likeness (QED) is 0.410. The van der Waals surface area contributed by atoms with E-state index in [1.165, 1.54) is 23.1 Å². The molecule has 0 bridgehead atoms. The van der Waals surface area contributed by atoms with Crippen LogP contribution in [0.3, 0.4) is 0 Å². The maximum absolute atomic E-state index is 13.4. The Morgan fingerprint density at radius 3 is 2.53 bits per heavy atom. The number of benzene rings is 2. The van der Waals surface area contributed by atoms with E-state index in [4.69, 9.17) is 4.74 Å². The predicted octanol–water partition coefficient (Wildman–Crippen LogP) is 3.83. The molecule has 0 spiro atoms. The van der Waals surface area contributed by atoms with Gasteiger partial charge in [-0.05, 0) is 60.8 Å². The highest BCUT2D eigenvalue weighted by Crippen LogP contribution is 2.25. The van der Waals surface area contributed by atoms with Gasteiger partial charge < -0.3 is 14.6 Å². The predicted molar refractivity (Wildman–Crippen MR) is 131 cm³/mol. The molecule has 8 heteroatoms. The normalized spacial score (nSPS) is 16.3. The van der Waals surface area contributed by atoms with E-state index in [1.807, 2.05) is 16.7 Å². The summed E-state index contributed by atoms with van der Waals surface area (Å²) in [6.45, 7) is 5.74. The minimum Gasteiger partial charge on any atom is -0.383 e. The number of nitrogens with one attached hydrogen (secondary N) is 1. The Balaban J connectivity index is 1.15. The average Bonchev–Trinajstić information content (AvgIpc) is 3.54. The molecular formula is C26H31FN6O. The van der Waals surface area contributed by atoms with Crippen LogP contribution < -0.4 is 0 Å². The lowest BCUT2D eigenvalue weighted by atomic mass is 10.0. The molecule has 1 atom stereocenters. The monoisotopic (exact) mass is 462 g/mol. The minimum absolute atomic E-state index is 0.166. The Morgan fingerprint density at radius 2 is 1.79 bits per heavy atom. The van der Waals surface area contributed by atoms with Gasteiger partial charge in [-0.25, -0.2) is 4.39 Å². The van der Waals surface area contributed by atoms with Crippen molar-refractivity contribution in [1.82, 2.24) is 29.5 Å². The topological polar surface area (TPSA) is 62.2 Å². The fourth-order valence-corrected chi connectivity index (χ4v) is 4.91. The van der Waals surface area contributed by atoms with E-state index in [0.717, 1.165) is 62.3 Å². The number of rotatable bonds is 9. The summed E-state index contributed by atoms with van der Waals surface area (Å²) in [5.41, 5.74) is 4.69. The number of piperazine rings is 1. The first-order chi connectivity index (χ1) is 16.7. The third-order valence-electron chi connectivity index (χ3n) is 6.82. The number of ether oxygens (including phenoxy) is 1. The number of methoxy groups -OCH3 is 1. The molecule has 0 aliphatic carbocycles. The molecule has 34 heavy (non-hydrogen) atoms. The van der Waals surface area contributed by atoms with Gasteiger partial charge >= 0.3 is 0 Å². The number of aryl methyl sites for hydroxylation is 1. The number of aromatic nitrogens is 4. The summed E-state index contributed by atoms with van der Waals surface area (Å²) < 4.78 is 20.8. The fourth-order valence-electron chi connectivity index (χ4n) is 4.91. The number of H-pyrrole nitrogens is 1. The molecule has 0 radical (unpaired) electrons. The van der Waals surface area contributed by atoms with Crippen molar-refractivity contribution < 1.29 is 9.13 Å². The third kappa shape index (κ3) is 5.04. The molecule has 1 aliphatic heterocycles. The number of hydrogen-bond donors (Lipinski definition) is 1. The largest absolute Gasteiger partial charge is 0.383 e. The highest BCUT2D eigenvalue weighted by molar-refractivity contribution is 5.85. The molecule has 1 N–H and O–H groups in total. The highest BCUT2D eigenvalue weighted by atomic mass is 19.1. The Bertz CT molecular complexity index is 1180. The van der Waals surface area contributed by atoms with Crippen molar-refractivity contribution >= 4 is 10.9 Å². The van der Waals surface area contributed by atoms with Gasteiger partial charge in [0, 0.05) is 56.1 Å². The van der Waals surface area contributed by atoms with Crippen molar-refractivity contribution in [2.75, 3.05) is 46.4 Å². The van der Waals surface area contributed by atoms with Crippen LogP contribution in [0.4, 0.5) is 4.39 Å². The van der Waals surface area contributed by atoms with Crippen LogP contribution in [0.25, 0.3) is 16.6 Å². The first kappa shape index (κ1) is 22.7. The second kappa shape index (κ2) is 10.5. The molecule has 4 aromatic rings. The van der Waals surface area contributed by atoms with Gasteiger partial charge in [0.2, 0.25) is 0 Å². The summed E-state index contributed by atoms with van der Waals surface area (Å²) in [6.07, 6.45) is 7.73. The van der Waals surface area contributed by atoms with Crippen molar-refractivity contribution in [2.24, 2.45) is 0 Å². The molecule has 3 heterocycles. The molecule has 2 aromatic heterocycles. The Labute approximate surface area is 199 Å². The van der Waals surface area contributed by atoms with Gasteiger partial charge in [-0.2, -0.15) is 0 Å². The maximum atomic E-state index is 13.4. The molecule has 0 saturated carbocycles. The molecule has 1 fully saturated rings. The van der Waals surface area contributed by atoms with Gasteiger partial charge in [0.15, 0.2) is 0 Å². The molecule has 5 rings (SSSR count). The van der Waals surface area contributed by atoms with E-state index in [9.17, 15) is 4.39 Å². The van der Waals surface area contributed by atoms with Crippen LogP contribution in [0.5, 0.6) is 0 Å². The minimum atomic E-state index is -0.199. The summed E-state index contributed by atoms with van der Waals surface area (Å²) in [4.78, 5) is 8.40. The zero-order valence-electron chi connectivity index (χ0n) is 19.5. The van der Waals surface area contributed by atoms with Crippen LogP contribution in [0.15, 0.2) is 61.3 Å². The summed E-state index contributed by atoms with van der Waals surface area (Å²) in [5.74, 6) is -0.199.